The number of benzene rings is 9. The summed E-state index contributed by atoms with van der Waals surface area (Å²) in [5, 5.41) is -1.80. The fourth-order valence-corrected chi connectivity index (χ4v) is 8.02. The predicted molar refractivity (Wildman–Crippen MR) is 240 cm³/mol. The average molecular weight is 747 g/mol. The zero-order valence-electron chi connectivity index (χ0n) is 50.4. The maximum absolute atomic E-state index is 10.1. The van der Waals surface area contributed by atoms with E-state index in [1.165, 1.54) is 10.6 Å². The first-order valence-corrected chi connectivity index (χ1v) is 17.9. The van der Waals surface area contributed by atoms with Gasteiger partial charge in [-0.2, -0.15) is 0 Å². The van der Waals surface area contributed by atoms with E-state index >= 15 is 0 Å². The topological polar surface area (TPSA) is 14.8 Å². The van der Waals surface area contributed by atoms with Gasteiger partial charge in [-0.15, -0.1) is 0 Å². The van der Waals surface area contributed by atoms with Gasteiger partial charge in [0.15, 0.2) is 0 Å². The van der Waals surface area contributed by atoms with Crippen molar-refractivity contribution < 1.29 is 28.8 Å². The van der Waals surface area contributed by atoms with Crippen LogP contribution in [-0.2, 0) is 0 Å². The molecule has 0 aliphatic heterocycles. The third-order valence-electron chi connectivity index (χ3n) is 10.4. The Balaban J connectivity index is 1.33. The van der Waals surface area contributed by atoms with E-state index in [4.69, 9.17) is 13.7 Å². The lowest BCUT2D eigenvalue weighted by atomic mass is 9.95. The number of hydrogen-bond acceptors (Lipinski definition) is 0. The van der Waals surface area contributed by atoms with Gasteiger partial charge in [-0.25, -0.2) is 0 Å². The molecule has 3 aromatic heterocycles. The molecule has 12 rings (SSSR count). The van der Waals surface area contributed by atoms with Crippen LogP contribution in [0.4, 0.5) is 0 Å². The maximum atomic E-state index is 10.1. The lowest BCUT2D eigenvalue weighted by Gasteiger charge is -2.19. The molecule has 0 saturated carbocycles. The molecule has 0 amide bonds. The summed E-state index contributed by atoms with van der Waals surface area (Å²) >= 11 is 0. The molecule has 0 radical (unpaired) electrons. The second-order valence-corrected chi connectivity index (χ2v) is 13.3. The molecule has 12 aromatic rings. The number of fused-ring (bicyclic) bond motifs is 9. The van der Waals surface area contributed by atoms with E-state index in [1.54, 1.807) is 0 Å². The van der Waals surface area contributed by atoms with Crippen LogP contribution >= 0.6 is 0 Å². The van der Waals surface area contributed by atoms with E-state index in [0.717, 1.165) is 9.13 Å². The standard InChI is InChI=1S/C54H35N3/c1-3-17-36(18-4-1)39-25-15-26-40(37-19-5-2-6-20-37)54(39)57-48-29-13-9-23-43(48)45-35-38(33-34-50(45)57)55-49-30-14-10-24-44(49)53-51(55)31-16-32-52(53)56-46-27-11-7-21-41(46)42-22-8-12-28-47(42)56/h1-35H/i7D,8D,9D,10D,11D,12D,13D,14D,16D,21D,22D,23D,24D,27D,28D,29D,30D,31D,32D,33D,34D. The van der Waals surface area contributed by atoms with Gasteiger partial charge in [-0.3, -0.25) is 0 Å². The summed E-state index contributed by atoms with van der Waals surface area (Å²) in [5.74, 6) is 0. The monoisotopic (exact) mass is 746 g/mol. The molecule has 0 saturated heterocycles. The molecule has 266 valence electrons. The lowest BCUT2D eigenvalue weighted by molar-refractivity contribution is 1.16. The number of rotatable bonds is 5. The minimum absolute atomic E-state index is 0.0323. The highest BCUT2D eigenvalue weighted by Gasteiger charge is 2.22. The van der Waals surface area contributed by atoms with Gasteiger partial charge in [0.2, 0.25) is 0 Å². The molecule has 0 bridgehead atoms. The van der Waals surface area contributed by atoms with Gasteiger partial charge in [0.1, 0.15) is 0 Å². The fraction of sp³-hybridized carbons (Fsp3) is 0. The molecule has 0 aliphatic rings. The van der Waals surface area contributed by atoms with Crippen LogP contribution in [0, 0.1) is 0 Å². The van der Waals surface area contributed by atoms with Gasteiger partial charge in [-0.1, -0.05) is 157 Å². The van der Waals surface area contributed by atoms with Crippen LogP contribution in [0.3, 0.4) is 0 Å². The predicted octanol–water partition coefficient (Wildman–Crippen LogP) is 14.3. The molecule has 9 aromatic carbocycles. The first-order valence-electron chi connectivity index (χ1n) is 28.4. The Labute approximate surface area is 359 Å². The molecular formula is C54H35N3. The molecule has 0 unspecified atom stereocenters. The Kier molecular flexibility index (Phi) is 3.81. The highest BCUT2D eigenvalue weighted by molar-refractivity contribution is 6.17. The zero-order valence-corrected chi connectivity index (χ0v) is 29.4. The molecule has 0 N–H and O–H groups in total. The summed E-state index contributed by atoms with van der Waals surface area (Å²) in [5.41, 5.74) is -0.0846. The Bertz CT molecular complexity index is 4600. The van der Waals surface area contributed by atoms with Gasteiger partial charge < -0.3 is 13.7 Å². The highest BCUT2D eigenvalue weighted by atomic mass is 15.0. The summed E-state index contributed by atoms with van der Waals surface area (Å²) in [6, 6.07) is 9.84. The molecule has 3 heteroatoms. The third-order valence-corrected chi connectivity index (χ3v) is 10.4. The van der Waals surface area contributed by atoms with Crippen molar-refractivity contribution in [1.82, 2.24) is 13.7 Å². The van der Waals surface area contributed by atoms with Crippen molar-refractivity contribution in [3.8, 4) is 39.3 Å². The second-order valence-electron chi connectivity index (χ2n) is 13.3. The lowest BCUT2D eigenvalue weighted by Crippen LogP contribution is -2.01. The molecule has 0 fully saturated rings. The van der Waals surface area contributed by atoms with Crippen LogP contribution in [0.2, 0.25) is 0 Å². The summed E-state index contributed by atoms with van der Waals surface area (Å²) in [7, 11) is 0. The van der Waals surface area contributed by atoms with Gasteiger partial charge in [0.05, 0.1) is 73.3 Å². The van der Waals surface area contributed by atoms with Crippen molar-refractivity contribution in [3.05, 3.63) is 212 Å². The minimum atomic E-state index is -0.885. The number of aromatic nitrogens is 3. The van der Waals surface area contributed by atoms with Crippen LogP contribution in [-0.4, -0.2) is 13.7 Å². The first kappa shape index (κ1) is 17.5. The second kappa shape index (κ2) is 12.5. The molecule has 57 heavy (non-hydrogen) atoms. The summed E-state index contributed by atoms with van der Waals surface area (Å²) in [6.45, 7) is 0. The Morgan fingerprint density at radius 1 is 0.333 bits per heavy atom. The molecule has 0 aliphatic carbocycles. The molecule has 3 heterocycles. The van der Waals surface area contributed by atoms with Gasteiger partial charge in [0, 0.05) is 49.1 Å². The van der Waals surface area contributed by atoms with Gasteiger partial charge in [0.25, 0.3) is 0 Å². The molecule has 3 nitrogen and oxygen atoms in total. The highest BCUT2D eigenvalue weighted by Crippen LogP contribution is 2.44. The Morgan fingerprint density at radius 2 is 0.807 bits per heavy atom. The number of nitrogens with zero attached hydrogens (tertiary/aromatic N) is 3. The van der Waals surface area contributed by atoms with Crippen LogP contribution in [0.5, 0.6) is 0 Å². The Morgan fingerprint density at radius 3 is 1.40 bits per heavy atom. The zero-order chi connectivity index (χ0) is 55.7. The summed E-state index contributed by atoms with van der Waals surface area (Å²) in [6.07, 6.45) is 0. The van der Waals surface area contributed by atoms with E-state index in [0.29, 0.717) is 27.9 Å². The first-order chi connectivity index (χ1) is 37.1. The van der Waals surface area contributed by atoms with Crippen molar-refractivity contribution in [2.75, 3.05) is 0 Å². The van der Waals surface area contributed by atoms with E-state index < -0.39 is 176 Å². The van der Waals surface area contributed by atoms with E-state index in [1.807, 2.05) is 78.9 Å². The van der Waals surface area contributed by atoms with E-state index in [2.05, 4.69) is 0 Å². The van der Waals surface area contributed by atoms with Crippen molar-refractivity contribution in [2.24, 2.45) is 0 Å². The van der Waals surface area contributed by atoms with Crippen LogP contribution in [0.25, 0.3) is 105 Å². The van der Waals surface area contributed by atoms with Crippen molar-refractivity contribution >= 4 is 65.4 Å². The smallest absolute Gasteiger partial charge is 0.0646 e. The SMILES string of the molecule is [2H]c1c([2H])c([2H])c2c(c1[2H])c1cc(-n3c4c([2H])c([2H])c([2H])c([2H])c4c4c(-n5c6c([2H])c([2H])c([2H])c([2H])c6c6c([2H])c([2H])c([2H])c([2H])c65)c([2H])c([2H])c([2H])c43)c([2H])c([2H])c1n2-c1c(-c2ccccc2)cccc1-c1ccccc1. The van der Waals surface area contributed by atoms with Crippen LogP contribution in [0.1, 0.15) is 28.8 Å². The quantitative estimate of drug-likeness (QED) is 0.167. The largest absolute Gasteiger partial charge is 0.309 e. The van der Waals surface area contributed by atoms with Crippen molar-refractivity contribution in [2.45, 2.75) is 0 Å². The van der Waals surface area contributed by atoms with Crippen LogP contribution < -0.4 is 0 Å². The molecular weight excluding hydrogens is 691 g/mol. The normalized spacial score (nSPS) is 17.0. The molecule has 0 spiro atoms. The molecule has 0 atom stereocenters. The number of hydrogen-bond donors (Lipinski definition) is 0. The summed E-state index contributed by atoms with van der Waals surface area (Å²) < 4.78 is 198. The van der Waals surface area contributed by atoms with E-state index in [9.17, 15) is 15.1 Å². The van der Waals surface area contributed by atoms with E-state index in [-0.39, 0.29) is 27.5 Å². The fourth-order valence-electron chi connectivity index (χ4n) is 8.02. The number of para-hydroxylation sites is 5. The third kappa shape index (κ3) is 4.66. The minimum Gasteiger partial charge on any atom is -0.309 e. The average Bonchev–Trinajstić information content (AvgIpc) is 4.32. The van der Waals surface area contributed by atoms with Crippen molar-refractivity contribution in [1.29, 1.82) is 0 Å². The summed E-state index contributed by atoms with van der Waals surface area (Å²) in [4.78, 5) is 0. The van der Waals surface area contributed by atoms with Crippen LogP contribution in [0.15, 0.2) is 212 Å². The Hall–Kier alpha value is -7.62. The van der Waals surface area contributed by atoms with Gasteiger partial charge >= 0.3 is 0 Å². The van der Waals surface area contributed by atoms with Crippen molar-refractivity contribution in [3.63, 3.8) is 0 Å². The maximum Gasteiger partial charge on any atom is 0.0646 e. The van der Waals surface area contributed by atoms with Gasteiger partial charge in [-0.05, 0) is 65.5 Å².